The molecule has 19 heavy (non-hydrogen) atoms. The third-order valence-corrected chi connectivity index (χ3v) is 3.91. The third kappa shape index (κ3) is 3.85. The Labute approximate surface area is 118 Å². The number of nitrogens with two attached hydrogens (primary N) is 1. The fraction of sp³-hybridized carbons (Fsp3) is 0.500. The van der Waals surface area contributed by atoms with E-state index in [2.05, 4.69) is 12.2 Å². The minimum Gasteiger partial charge on any atom is -0.351 e. The summed E-state index contributed by atoms with van der Waals surface area (Å²) in [5.74, 6) is 0. The summed E-state index contributed by atoms with van der Waals surface area (Å²) in [6, 6.07) is 8.29. The maximum Gasteiger partial charge on any atom is 0.314 e. The van der Waals surface area contributed by atoms with Crippen molar-refractivity contribution in [3.63, 3.8) is 0 Å². The van der Waals surface area contributed by atoms with E-state index in [1.165, 1.54) is 5.56 Å². The zero-order chi connectivity index (χ0) is 13.8. The molecule has 2 rings (SSSR count). The number of primary amides is 1. The number of benzene rings is 1. The molecule has 0 aromatic heterocycles. The van der Waals surface area contributed by atoms with Crippen LogP contribution in [0.1, 0.15) is 31.4 Å². The molecule has 0 radical (unpaired) electrons. The SMILES string of the molecule is C[C@H](NC1CCN(C(N)=O)CC1)c1ccc(Cl)cc1. The molecule has 0 unspecified atom stereocenters. The van der Waals surface area contributed by atoms with Gasteiger partial charge in [0.15, 0.2) is 0 Å². The lowest BCUT2D eigenvalue weighted by Gasteiger charge is -2.33. The molecule has 4 nitrogen and oxygen atoms in total. The first kappa shape index (κ1) is 14.2. The number of piperidine rings is 1. The number of likely N-dealkylation sites (tertiary alicyclic amines) is 1. The van der Waals surface area contributed by atoms with Crippen LogP contribution in [0.25, 0.3) is 0 Å². The standard InChI is InChI=1S/C14H20ClN3O/c1-10(11-2-4-12(15)5-3-11)17-13-6-8-18(9-7-13)14(16)19/h2-5,10,13,17H,6-9H2,1H3,(H2,16,19)/t10-/m0/s1. The average Bonchev–Trinajstić information content (AvgIpc) is 2.40. The molecule has 1 atom stereocenters. The molecule has 1 fully saturated rings. The van der Waals surface area contributed by atoms with Gasteiger partial charge in [-0.1, -0.05) is 23.7 Å². The Morgan fingerprint density at radius 1 is 1.37 bits per heavy atom. The van der Waals surface area contributed by atoms with Gasteiger partial charge in [0.05, 0.1) is 0 Å². The average molecular weight is 282 g/mol. The van der Waals surface area contributed by atoms with Crippen LogP contribution in [0.2, 0.25) is 5.02 Å². The van der Waals surface area contributed by atoms with Crippen molar-refractivity contribution in [1.82, 2.24) is 10.2 Å². The molecule has 0 spiro atoms. The van der Waals surface area contributed by atoms with E-state index >= 15 is 0 Å². The lowest BCUT2D eigenvalue weighted by Crippen LogP contribution is -2.47. The first-order valence-electron chi connectivity index (χ1n) is 6.62. The molecule has 104 valence electrons. The van der Waals surface area contributed by atoms with Gasteiger partial charge in [0.2, 0.25) is 0 Å². The van der Waals surface area contributed by atoms with Gasteiger partial charge in [-0.25, -0.2) is 4.79 Å². The molecule has 1 heterocycles. The van der Waals surface area contributed by atoms with Gasteiger partial charge in [0.25, 0.3) is 0 Å². The lowest BCUT2D eigenvalue weighted by molar-refractivity contribution is 0.183. The molecule has 1 saturated heterocycles. The van der Waals surface area contributed by atoms with Crippen LogP contribution in [0.15, 0.2) is 24.3 Å². The minimum absolute atomic E-state index is 0.280. The number of carbonyl (C=O) groups is 1. The van der Waals surface area contributed by atoms with Crippen LogP contribution >= 0.6 is 11.6 Å². The van der Waals surface area contributed by atoms with Gasteiger partial charge >= 0.3 is 6.03 Å². The Balaban J connectivity index is 1.85. The highest BCUT2D eigenvalue weighted by atomic mass is 35.5. The second-order valence-corrected chi connectivity index (χ2v) is 5.48. The second kappa shape index (κ2) is 6.26. The van der Waals surface area contributed by atoms with E-state index in [4.69, 9.17) is 17.3 Å². The van der Waals surface area contributed by atoms with E-state index in [1.54, 1.807) is 4.90 Å². The van der Waals surface area contributed by atoms with E-state index in [0.29, 0.717) is 6.04 Å². The summed E-state index contributed by atoms with van der Waals surface area (Å²) in [4.78, 5) is 12.8. The van der Waals surface area contributed by atoms with Gasteiger partial charge in [-0.3, -0.25) is 0 Å². The Bertz CT molecular complexity index is 427. The molecule has 3 N–H and O–H groups in total. The topological polar surface area (TPSA) is 58.4 Å². The number of nitrogens with one attached hydrogen (secondary N) is 1. The molecule has 0 bridgehead atoms. The number of amides is 2. The second-order valence-electron chi connectivity index (χ2n) is 5.04. The van der Waals surface area contributed by atoms with E-state index in [9.17, 15) is 4.79 Å². The number of carbonyl (C=O) groups excluding carboxylic acids is 1. The highest BCUT2D eigenvalue weighted by molar-refractivity contribution is 6.30. The number of halogens is 1. The van der Waals surface area contributed by atoms with Crippen LogP contribution in [0.4, 0.5) is 4.79 Å². The maximum absolute atomic E-state index is 11.1. The molecule has 1 aromatic carbocycles. The summed E-state index contributed by atoms with van der Waals surface area (Å²) in [5.41, 5.74) is 6.50. The molecule has 0 saturated carbocycles. The Hall–Kier alpha value is -1.26. The van der Waals surface area contributed by atoms with Crippen molar-refractivity contribution in [3.8, 4) is 0 Å². The monoisotopic (exact) mass is 281 g/mol. The summed E-state index contributed by atoms with van der Waals surface area (Å²) >= 11 is 5.88. The van der Waals surface area contributed by atoms with Crippen molar-refractivity contribution < 1.29 is 4.79 Å². The van der Waals surface area contributed by atoms with Crippen molar-refractivity contribution in [3.05, 3.63) is 34.9 Å². The first-order valence-corrected chi connectivity index (χ1v) is 7.00. The molecule has 1 aliphatic heterocycles. The highest BCUT2D eigenvalue weighted by Crippen LogP contribution is 2.19. The highest BCUT2D eigenvalue weighted by Gasteiger charge is 2.22. The van der Waals surface area contributed by atoms with Crippen LogP contribution in [0, 0.1) is 0 Å². The first-order chi connectivity index (χ1) is 9.06. The van der Waals surface area contributed by atoms with Gasteiger partial charge in [-0.2, -0.15) is 0 Å². The van der Waals surface area contributed by atoms with Crippen LogP contribution in [0.3, 0.4) is 0 Å². The predicted octanol–water partition coefficient (Wildman–Crippen LogP) is 2.53. The summed E-state index contributed by atoms with van der Waals surface area (Å²) in [6.07, 6.45) is 1.89. The van der Waals surface area contributed by atoms with E-state index in [-0.39, 0.29) is 12.1 Å². The van der Waals surface area contributed by atoms with Gasteiger partial charge in [0, 0.05) is 30.2 Å². The summed E-state index contributed by atoms with van der Waals surface area (Å²) in [7, 11) is 0. The van der Waals surface area contributed by atoms with E-state index in [0.717, 1.165) is 31.0 Å². The number of hydrogen-bond acceptors (Lipinski definition) is 2. The normalized spacial score (nSPS) is 18.3. The fourth-order valence-electron chi connectivity index (χ4n) is 2.47. The van der Waals surface area contributed by atoms with Crippen molar-refractivity contribution in [2.75, 3.05) is 13.1 Å². The minimum atomic E-state index is -0.316. The number of rotatable bonds is 3. The van der Waals surface area contributed by atoms with Crippen LogP contribution in [-0.4, -0.2) is 30.1 Å². The Morgan fingerprint density at radius 3 is 2.47 bits per heavy atom. The van der Waals surface area contributed by atoms with Gasteiger partial charge in [0.1, 0.15) is 0 Å². The van der Waals surface area contributed by atoms with Crippen molar-refractivity contribution >= 4 is 17.6 Å². The molecule has 5 heteroatoms. The molecule has 1 aromatic rings. The smallest absolute Gasteiger partial charge is 0.314 e. The van der Waals surface area contributed by atoms with Crippen molar-refractivity contribution in [2.24, 2.45) is 5.73 Å². The molecular weight excluding hydrogens is 262 g/mol. The number of hydrogen-bond donors (Lipinski definition) is 2. The lowest BCUT2D eigenvalue weighted by atomic mass is 10.0. The maximum atomic E-state index is 11.1. The molecule has 0 aliphatic carbocycles. The zero-order valence-corrected chi connectivity index (χ0v) is 11.9. The van der Waals surface area contributed by atoms with Crippen molar-refractivity contribution in [1.29, 1.82) is 0 Å². The van der Waals surface area contributed by atoms with Crippen LogP contribution < -0.4 is 11.1 Å². The van der Waals surface area contributed by atoms with Gasteiger partial charge < -0.3 is 16.0 Å². The molecule has 1 aliphatic rings. The zero-order valence-electron chi connectivity index (χ0n) is 11.1. The summed E-state index contributed by atoms with van der Waals surface area (Å²) < 4.78 is 0. The quantitative estimate of drug-likeness (QED) is 0.894. The van der Waals surface area contributed by atoms with E-state index < -0.39 is 0 Å². The number of nitrogens with zero attached hydrogens (tertiary/aromatic N) is 1. The van der Waals surface area contributed by atoms with Gasteiger partial charge in [-0.15, -0.1) is 0 Å². The van der Waals surface area contributed by atoms with Gasteiger partial charge in [-0.05, 0) is 37.5 Å². The Kier molecular flexibility index (Phi) is 4.66. The predicted molar refractivity (Wildman–Crippen MR) is 77.2 cm³/mol. The molecular formula is C14H20ClN3O. The van der Waals surface area contributed by atoms with Crippen LogP contribution in [0.5, 0.6) is 0 Å². The van der Waals surface area contributed by atoms with E-state index in [1.807, 2.05) is 24.3 Å². The Morgan fingerprint density at radius 2 is 1.95 bits per heavy atom. The van der Waals surface area contributed by atoms with Crippen LogP contribution in [-0.2, 0) is 0 Å². The summed E-state index contributed by atoms with van der Waals surface area (Å²) in [5, 5.41) is 4.35. The largest absolute Gasteiger partial charge is 0.351 e. The third-order valence-electron chi connectivity index (χ3n) is 3.66. The summed E-state index contributed by atoms with van der Waals surface area (Å²) in [6.45, 7) is 3.62. The van der Waals surface area contributed by atoms with Crippen molar-refractivity contribution in [2.45, 2.75) is 31.8 Å². The fourth-order valence-corrected chi connectivity index (χ4v) is 2.59. The number of urea groups is 1. The molecule has 2 amide bonds.